The number of nitrogens with zero attached hydrogens (tertiary/aromatic N) is 3. The van der Waals surface area contributed by atoms with E-state index in [2.05, 4.69) is 33.1 Å². The summed E-state index contributed by atoms with van der Waals surface area (Å²) in [4.78, 5) is 24.4. The van der Waals surface area contributed by atoms with Crippen LogP contribution in [-0.2, 0) is 13.0 Å². The number of carbonyl (C=O) groups is 1. The predicted octanol–water partition coefficient (Wildman–Crippen LogP) is 4.75. The first kappa shape index (κ1) is 20.3. The first-order chi connectivity index (χ1) is 15.7. The zero-order chi connectivity index (χ0) is 21.9. The Morgan fingerprint density at radius 1 is 0.906 bits per heavy atom. The summed E-state index contributed by atoms with van der Waals surface area (Å²) < 4.78 is 0. The van der Waals surface area contributed by atoms with Gasteiger partial charge in [-0.05, 0) is 73.3 Å². The van der Waals surface area contributed by atoms with E-state index >= 15 is 0 Å². The number of benzene rings is 2. The highest BCUT2D eigenvalue weighted by Gasteiger charge is 2.20. The standard InChI is InChI=1S/C27H25N3O2/c31-26(25-27(32)24-22(17-29-25)9-6-10-28-24)23-15-20(13-19-7-2-1-3-8-19)14-21(16-23)18-30-11-4-5-12-30/h1-3,6-10,14-17,32H,4-5,11-13,18H2. The molecule has 32 heavy (non-hydrogen) atoms. The molecule has 1 aliphatic heterocycles. The lowest BCUT2D eigenvalue weighted by Gasteiger charge is -2.17. The van der Waals surface area contributed by atoms with Crippen LogP contribution in [0.25, 0.3) is 10.9 Å². The van der Waals surface area contributed by atoms with Crippen molar-refractivity contribution in [2.75, 3.05) is 13.1 Å². The van der Waals surface area contributed by atoms with Crippen LogP contribution in [0.4, 0.5) is 0 Å². The second-order valence-electron chi connectivity index (χ2n) is 8.41. The number of ketones is 1. The molecule has 5 nitrogen and oxygen atoms in total. The number of rotatable bonds is 6. The normalized spacial score (nSPS) is 14.1. The molecule has 2 aromatic carbocycles. The average Bonchev–Trinajstić information content (AvgIpc) is 3.33. The summed E-state index contributed by atoms with van der Waals surface area (Å²) in [5.41, 5.74) is 4.37. The lowest BCUT2D eigenvalue weighted by molar-refractivity contribution is 0.103. The van der Waals surface area contributed by atoms with Gasteiger partial charge in [-0.1, -0.05) is 36.4 Å². The van der Waals surface area contributed by atoms with E-state index in [1.807, 2.05) is 36.4 Å². The van der Waals surface area contributed by atoms with Gasteiger partial charge in [0.1, 0.15) is 5.52 Å². The van der Waals surface area contributed by atoms with E-state index in [1.54, 1.807) is 18.5 Å². The molecule has 1 aliphatic rings. The number of aromatic nitrogens is 2. The maximum atomic E-state index is 13.4. The van der Waals surface area contributed by atoms with Crippen molar-refractivity contribution in [1.82, 2.24) is 14.9 Å². The van der Waals surface area contributed by atoms with Gasteiger partial charge >= 0.3 is 0 Å². The van der Waals surface area contributed by atoms with E-state index in [1.165, 1.54) is 18.4 Å². The average molecular weight is 424 g/mol. The van der Waals surface area contributed by atoms with Gasteiger partial charge < -0.3 is 5.11 Å². The Morgan fingerprint density at radius 3 is 2.50 bits per heavy atom. The van der Waals surface area contributed by atoms with E-state index in [9.17, 15) is 9.90 Å². The lowest BCUT2D eigenvalue weighted by Crippen LogP contribution is -2.19. The van der Waals surface area contributed by atoms with Crippen LogP contribution < -0.4 is 0 Å². The highest BCUT2D eigenvalue weighted by molar-refractivity contribution is 6.11. The SMILES string of the molecule is O=C(c1cc(Cc2ccccc2)cc(CN2CCCC2)c1)c1ncc2cccnc2c1O. The van der Waals surface area contributed by atoms with Crippen molar-refractivity contribution >= 4 is 16.7 Å². The maximum absolute atomic E-state index is 13.4. The van der Waals surface area contributed by atoms with Crippen LogP contribution >= 0.6 is 0 Å². The van der Waals surface area contributed by atoms with Crippen LogP contribution in [-0.4, -0.2) is 38.8 Å². The molecule has 3 heterocycles. The summed E-state index contributed by atoms with van der Waals surface area (Å²) in [5.74, 6) is -0.449. The van der Waals surface area contributed by atoms with Gasteiger partial charge in [0.2, 0.25) is 5.78 Å². The van der Waals surface area contributed by atoms with E-state index < -0.39 is 0 Å². The van der Waals surface area contributed by atoms with Crippen LogP contribution in [0.2, 0.25) is 0 Å². The molecule has 0 spiro atoms. The quantitative estimate of drug-likeness (QED) is 0.453. The maximum Gasteiger partial charge on any atom is 0.215 e. The molecular weight excluding hydrogens is 398 g/mol. The molecule has 0 radical (unpaired) electrons. The summed E-state index contributed by atoms with van der Waals surface area (Å²) in [7, 11) is 0. The predicted molar refractivity (Wildman–Crippen MR) is 125 cm³/mol. The summed E-state index contributed by atoms with van der Waals surface area (Å²) in [6, 6.07) is 19.9. The number of fused-ring (bicyclic) bond motifs is 1. The van der Waals surface area contributed by atoms with Crippen LogP contribution in [0.3, 0.4) is 0 Å². The molecule has 160 valence electrons. The van der Waals surface area contributed by atoms with E-state index in [-0.39, 0.29) is 17.2 Å². The molecule has 0 bridgehead atoms. The molecule has 0 saturated carbocycles. The third-order valence-corrected chi connectivity index (χ3v) is 6.01. The van der Waals surface area contributed by atoms with Gasteiger partial charge in [-0.25, -0.2) is 4.98 Å². The minimum atomic E-state index is -0.285. The Hall–Kier alpha value is -3.57. The fourth-order valence-electron chi connectivity index (χ4n) is 4.45. The smallest absolute Gasteiger partial charge is 0.215 e. The van der Waals surface area contributed by atoms with Gasteiger partial charge in [0, 0.05) is 29.9 Å². The molecule has 5 heteroatoms. The minimum Gasteiger partial charge on any atom is -0.504 e. The fourth-order valence-corrected chi connectivity index (χ4v) is 4.45. The van der Waals surface area contributed by atoms with Gasteiger partial charge in [0.15, 0.2) is 11.4 Å². The first-order valence-electron chi connectivity index (χ1n) is 11.0. The highest BCUT2D eigenvalue weighted by atomic mass is 16.3. The molecule has 1 N–H and O–H groups in total. The van der Waals surface area contributed by atoms with Crippen molar-refractivity contribution in [3.8, 4) is 5.75 Å². The zero-order valence-corrected chi connectivity index (χ0v) is 17.9. The van der Waals surface area contributed by atoms with Gasteiger partial charge in [-0.2, -0.15) is 0 Å². The van der Waals surface area contributed by atoms with Gasteiger partial charge in [-0.3, -0.25) is 14.7 Å². The molecule has 4 aromatic rings. The molecule has 0 unspecified atom stereocenters. The molecule has 0 atom stereocenters. The van der Waals surface area contributed by atoms with Crippen molar-refractivity contribution in [1.29, 1.82) is 0 Å². The second kappa shape index (κ2) is 8.89. The number of likely N-dealkylation sites (tertiary alicyclic amines) is 1. The van der Waals surface area contributed by atoms with Crippen molar-refractivity contribution in [3.05, 3.63) is 101 Å². The van der Waals surface area contributed by atoms with Crippen LogP contribution in [0.1, 0.15) is 45.6 Å². The Balaban J connectivity index is 1.53. The second-order valence-corrected chi connectivity index (χ2v) is 8.41. The Bertz CT molecular complexity index is 1260. The van der Waals surface area contributed by atoms with Gasteiger partial charge in [-0.15, -0.1) is 0 Å². The van der Waals surface area contributed by atoms with Crippen molar-refractivity contribution in [3.63, 3.8) is 0 Å². The summed E-state index contributed by atoms with van der Waals surface area (Å²) in [5, 5.41) is 11.4. The van der Waals surface area contributed by atoms with Crippen molar-refractivity contribution < 1.29 is 9.90 Å². The van der Waals surface area contributed by atoms with Gasteiger partial charge in [0.05, 0.1) is 0 Å². The molecule has 1 fully saturated rings. The van der Waals surface area contributed by atoms with Crippen LogP contribution in [0.5, 0.6) is 5.75 Å². The molecule has 0 aliphatic carbocycles. The van der Waals surface area contributed by atoms with E-state index in [0.717, 1.165) is 37.2 Å². The summed E-state index contributed by atoms with van der Waals surface area (Å²) in [6.07, 6.45) is 6.38. The number of aromatic hydroxyl groups is 1. The van der Waals surface area contributed by atoms with Crippen LogP contribution in [0, 0.1) is 0 Å². The topological polar surface area (TPSA) is 66.3 Å². The molecule has 0 amide bonds. The Labute approximate surface area is 187 Å². The third kappa shape index (κ3) is 4.25. The summed E-state index contributed by atoms with van der Waals surface area (Å²) >= 11 is 0. The van der Waals surface area contributed by atoms with Crippen molar-refractivity contribution in [2.45, 2.75) is 25.8 Å². The van der Waals surface area contributed by atoms with E-state index in [0.29, 0.717) is 16.5 Å². The molecule has 5 rings (SSSR count). The lowest BCUT2D eigenvalue weighted by atomic mass is 9.96. The zero-order valence-electron chi connectivity index (χ0n) is 17.9. The van der Waals surface area contributed by atoms with Gasteiger partial charge in [0.25, 0.3) is 0 Å². The number of carbonyl (C=O) groups excluding carboxylic acids is 1. The first-order valence-corrected chi connectivity index (χ1v) is 11.0. The third-order valence-electron chi connectivity index (χ3n) is 6.01. The van der Waals surface area contributed by atoms with Crippen LogP contribution in [0.15, 0.2) is 73.1 Å². The fraction of sp³-hybridized carbons (Fsp3) is 0.222. The monoisotopic (exact) mass is 423 g/mol. The molecule has 2 aromatic heterocycles. The highest BCUT2D eigenvalue weighted by Crippen LogP contribution is 2.28. The molecule has 1 saturated heterocycles. The largest absolute Gasteiger partial charge is 0.504 e. The number of pyridine rings is 2. The Morgan fingerprint density at radius 2 is 1.69 bits per heavy atom. The van der Waals surface area contributed by atoms with E-state index in [4.69, 9.17) is 0 Å². The summed E-state index contributed by atoms with van der Waals surface area (Å²) in [6.45, 7) is 3.00. The number of hydrogen-bond donors (Lipinski definition) is 1. The van der Waals surface area contributed by atoms with Crippen molar-refractivity contribution in [2.24, 2.45) is 0 Å². The minimum absolute atomic E-state index is 0.0418. The number of hydrogen-bond acceptors (Lipinski definition) is 5. The Kier molecular flexibility index (Phi) is 5.65. The molecular formula is C27H25N3O2.